The molecule has 0 aliphatic heterocycles. The van der Waals surface area contributed by atoms with E-state index in [4.69, 9.17) is 5.73 Å². The first-order chi connectivity index (χ1) is 15.7. The fourth-order valence-electron chi connectivity index (χ4n) is 3.40. The van der Waals surface area contributed by atoms with Gasteiger partial charge in [-0.15, -0.1) is 5.10 Å². The molecule has 0 aliphatic carbocycles. The number of pyridine rings is 1. The van der Waals surface area contributed by atoms with Crippen LogP contribution in [0.15, 0.2) is 97.2 Å². The first-order valence-electron chi connectivity index (χ1n) is 10.1. The van der Waals surface area contributed by atoms with Gasteiger partial charge in [0.05, 0.1) is 11.4 Å². The van der Waals surface area contributed by atoms with Gasteiger partial charge in [0, 0.05) is 23.0 Å². The maximum absolute atomic E-state index is 12.7. The number of anilines is 4. The summed E-state index contributed by atoms with van der Waals surface area (Å²) in [6.45, 7) is 0. The van der Waals surface area contributed by atoms with Crippen molar-refractivity contribution in [3.63, 3.8) is 0 Å². The predicted octanol–water partition coefficient (Wildman–Crippen LogP) is 4.97. The number of nitrogen functional groups attached to an aromatic ring is 1. The number of fused-ring (bicyclic) bond motifs is 1. The number of nitrogens with two attached hydrogens (primary N) is 1. The van der Waals surface area contributed by atoms with Gasteiger partial charge in [0.2, 0.25) is 5.95 Å². The van der Waals surface area contributed by atoms with Crippen molar-refractivity contribution in [1.29, 1.82) is 0 Å². The molecule has 0 saturated heterocycles. The molecule has 0 fully saturated rings. The highest BCUT2D eigenvalue weighted by Crippen LogP contribution is 2.24. The van der Waals surface area contributed by atoms with Crippen LogP contribution in [0, 0.1) is 0 Å². The Bertz CT molecular complexity index is 1410. The van der Waals surface area contributed by atoms with Gasteiger partial charge in [0.15, 0.2) is 5.65 Å². The number of carbonyl (C=O) groups excluding carboxylic acids is 1. The van der Waals surface area contributed by atoms with Gasteiger partial charge in [-0.2, -0.15) is 4.98 Å². The number of aromatic nitrogens is 3. The van der Waals surface area contributed by atoms with Crippen molar-refractivity contribution in [2.24, 2.45) is 0 Å². The Morgan fingerprint density at radius 1 is 0.844 bits per heavy atom. The summed E-state index contributed by atoms with van der Waals surface area (Å²) in [5, 5.41) is 10.6. The van der Waals surface area contributed by atoms with E-state index in [1.54, 1.807) is 10.6 Å². The van der Waals surface area contributed by atoms with E-state index in [-0.39, 0.29) is 5.91 Å². The zero-order valence-electron chi connectivity index (χ0n) is 17.1. The number of nitrogens with zero attached hydrogens (tertiary/aromatic N) is 3. The molecule has 4 N–H and O–H groups in total. The molecule has 3 aromatic carbocycles. The topological polar surface area (TPSA) is 97.3 Å². The lowest BCUT2D eigenvalue weighted by Gasteiger charge is -2.07. The zero-order chi connectivity index (χ0) is 21.9. The summed E-state index contributed by atoms with van der Waals surface area (Å²) in [6, 6.07) is 28.2. The number of nitrogens with one attached hydrogen (secondary N) is 2. The molecule has 2 aromatic heterocycles. The number of amides is 1. The Labute approximate surface area is 184 Å². The molecule has 0 saturated carbocycles. The summed E-state index contributed by atoms with van der Waals surface area (Å²) < 4.78 is 1.70. The fourth-order valence-corrected chi connectivity index (χ4v) is 3.40. The van der Waals surface area contributed by atoms with Crippen molar-refractivity contribution in [2.45, 2.75) is 0 Å². The molecule has 7 heteroatoms. The molecule has 7 nitrogen and oxygen atoms in total. The third kappa shape index (κ3) is 3.99. The van der Waals surface area contributed by atoms with Crippen LogP contribution in [0.25, 0.3) is 16.8 Å². The van der Waals surface area contributed by atoms with Gasteiger partial charge in [0.25, 0.3) is 5.91 Å². The lowest BCUT2D eigenvalue weighted by Crippen LogP contribution is -2.11. The number of hydrogen-bond donors (Lipinski definition) is 3. The molecule has 5 rings (SSSR count). The van der Waals surface area contributed by atoms with Gasteiger partial charge >= 0.3 is 0 Å². The Morgan fingerprint density at radius 2 is 1.66 bits per heavy atom. The SMILES string of the molecule is Nc1ccccc1Nc1nc2ccc(-c3cccc(C(=O)Nc4ccccc4)c3)cn2n1. The molecular weight excluding hydrogens is 400 g/mol. The van der Waals surface area contributed by atoms with Gasteiger partial charge in [-0.05, 0) is 54.1 Å². The van der Waals surface area contributed by atoms with Crippen LogP contribution >= 0.6 is 0 Å². The van der Waals surface area contributed by atoms with Crippen LogP contribution < -0.4 is 16.4 Å². The minimum atomic E-state index is -0.160. The molecule has 0 bridgehead atoms. The Hall–Kier alpha value is -4.65. The van der Waals surface area contributed by atoms with Crippen molar-refractivity contribution < 1.29 is 4.79 Å². The highest BCUT2D eigenvalue weighted by molar-refractivity contribution is 6.04. The van der Waals surface area contributed by atoms with Crippen LogP contribution in [-0.4, -0.2) is 20.5 Å². The molecule has 1 amide bonds. The normalized spacial score (nSPS) is 10.8. The van der Waals surface area contributed by atoms with E-state index in [0.717, 1.165) is 22.5 Å². The van der Waals surface area contributed by atoms with Crippen molar-refractivity contribution in [2.75, 3.05) is 16.4 Å². The summed E-state index contributed by atoms with van der Waals surface area (Å²) in [5.74, 6) is 0.294. The predicted molar refractivity (Wildman–Crippen MR) is 127 cm³/mol. The molecule has 2 heterocycles. The highest BCUT2D eigenvalue weighted by Gasteiger charge is 2.10. The quantitative estimate of drug-likeness (QED) is 0.349. The minimum absolute atomic E-state index is 0.160. The number of rotatable bonds is 5. The van der Waals surface area contributed by atoms with E-state index < -0.39 is 0 Å². The second-order valence-electron chi connectivity index (χ2n) is 7.27. The zero-order valence-corrected chi connectivity index (χ0v) is 17.1. The first-order valence-corrected chi connectivity index (χ1v) is 10.1. The molecule has 0 aliphatic rings. The van der Waals surface area contributed by atoms with Gasteiger partial charge in [-0.3, -0.25) is 4.79 Å². The maximum atomic E-state index is 12.7. The van der Waals surface area contributed by atoms with Crippen LogP contribution in [-0.2, 0) is 0 Å². The van der Waals surface area contributed by atoms with Crippen LogP contribution in [0.5, 0.6) is 0 Å². The highest BCUT2D eigenvalue weighted by atomic mass is 16.1. The van der Waals surface area contributed by atoms with Crippen molar-refractivity contribution >= 4 is 34.6 Å². The first kappa shape index (κ1) is 19.3. The van der Waals surface area contributed by atoms with Gasteiger partial charge in [-0.1, -0.05) is 42.5 Å². The van der Waals surface area contributed by atoms with Gasteiger partial charge in [-0.25, -0.2) is 4.52 Å². The molecule has 0 radical (unpaired) electrons. The third-order valence-corrected chi connectivity index (χ3v) is 5.03. The lowest BCUT2D eigenvalue weighted by atomic mass is 10.0. The van der Waals surface area contributed by atoms with E-state index in [1.807, 2.05) is 91.1 Å². The molecular formula is C25H20N6O. The van der Waals surface area contributed by atoms with Crippen molar-refractivity contribution in [3.8, 4) is 11.1 Å². The van der Waals surface area contributed by atoms with Gasteiger partial charge in [0.1, 0.15) is 0 Å². The molecule has 0 spiro atoms. The number of hydrogen-bond acceptors (Lipinski definition) is 5. The van der Waals surface area contributed by atoms with Crippen LogP contribution in [0.4, 0.5) is 23.0 Å². The summed E-state index contributed by atoms with van der Waals surface area (Å²) in [5.41, 5.74) is 11.2. The molecule has 156 valence electrons. The van der Waals surface area contributed by atoms with Crippen LogP contribution in [0.1, 0.15) is 10.4 Å². The smallest absolute Gasteiger partial charge is 0.255 e. The third-order valence-electron chi connectivity index (χ3n) is 5.03. The van der Waals surface area contributed by atoms with E-state index in [2.05, 4.69) is 20.7 Å². The molecule has 5 aromatic rings. The Balaban J connectivity index is 1.40. The molecule has 0 atom stereocenters. The Morgan fingerprint density at radius 3 is 2.50 bits per heavy atom. The molecule has 0 unspecified atom stereocenters. The fraction of sp³-hybridized carbons (Fsp3) is 0. The minimum Gasteiger partial charge on any atom is -0.397 e. The standard InChI is InChI=1S/C25H20N6O/c26-21-11-4-5-12-22(21)28-25-29-23-14-13-19(16-31(23)30-25)17-7-6-8-18(15-17)24(32)27-20-9-2-1-3-10-20/h1-16H,26H2,(H,27,32)(H,28,30). The molecule has 32 heavy (non-hydrogen) atoms. The van der Waals surface area contributed by atoms with Crippen molar-refractivity contribution in [3.05, 3.63) is 103 Å². The number of benzene rings is 3. The second-order valence-corrected chi connectivity index (χ2v) is 7.27. The second kappa shape index (κ2) is 8.23. The lowest BCUT2D eigenvalue weighted by molar-refractivity contribution is 0.102. The summed E-state index contributed by atoms with van der Waals surface area (Å²) in [7, 11) is 0. The Kier molecular flexibility index (Phi) is 4.97. The van der Waals surface area contributed by atoms with Crippen molar-refractivity contribution in [1.82, 2.24) is 14.6 Å². The van der Waals surface area contributed by atoms with E-state index in [0.29, 0.717) is 22.8 Å². The number of carbonyl (C=O) groups is 1. The van der Waals surface area contributed by atoms with E-state index in [1.165, 1.54) is 0 Å². The number of para-hydroxylation sites is 3. The summed E-state index contributed by atoms with van der Waals surface area (Å²) in [4.78, 5) is 17.2. The summed E-state index contributed by atoms with van der Waals surface area (Å²) >= 11 is 0. The maximum Gasteiger partial charge on any atom is 0.255 e. The van der Waals surface area contributed by atoms with Crippen LogP contribution in [0.3, 0.4) is 0 Å². The van der Waals surface area contributed by atoms with Gasteiger partial charge < -0.3 is 16.4 Å². The summed E-state index contributed by atoms with van der Waals surface area (Å²) in [6.07, 6.45) is 1.88. The average Bonchev–Trinajstić information content (AvgIpc) is 3.23. The monoisotopic (exact) mass is 420 g/mol. The van der Waals surface area contributed by atoms with E-state index >= 15 is 0 Å². The average molecular weight is 420 g/mol. The van der Waals surface area contributed by atoms with E-state index in [9.17, 15) is 4.79 Å². The largest absolute Gasteiger partial charge is 0.397 e. The van der Waals surface area contributed by atoms with Crippen LogP contribution in [0.2, 0.25) is 0 Å².